The predicted molar refractivity (Wildman–Crippen MR) is 92.8 cm³/mol. The number of hydrogen-bond donors (Lipinski definition) is 1. The molecule has 0 unspecified atom stereocenters. The highest BCUT2D eigenvalue weighted by Gasteiger charge is 2.43. The first-order chi connectivity index (χ1) is 10.3. The van der Waals surface area contributed by atoms with Crippen LogP contribution in [-0.4, -0.2) is 22.9 Å². The van der Waals surface area contributed by atoms with Gasteiger partial charge in [0.1, 0.15) is 0 Å². The molecule has 2 aliphatic heterocycles. The summed E-state index contributed by atoms with van der Waals surface area (Å²) in [5.41, 5.74) is 2.41. The second-order valence-corrected chi connectivity index (χ2v) is 8.00. The van der Waals surface area contributed by atoms with Gasteiger partial charge < -0.3 is 9.84 Å². The van der Waals surface area contributed by atoms with E-state index in [0.29, 0.717) is 11.8 Å². The summed E-state index contributed by atoms with van der Waals surface area (Å²) >= 11 is 0. The van der Waals surface area contributed by atoms with E-state index in [2.05, 4.69) is 46.8 Å². The van der Waals surface area contributed by atoms with Gasteiger partial charge >= 0.3 is 0 Å². The Morgan fingerprint density at radius 2 is 1.91 bits per heavy atom. The first kappa shape index (κ1) is 17.7. The summed E-state index contributed by atoms with van der Waals surface area (Å²) in [7, 11) is 0. The minimum absolute atomic E-state index is 0.151. The van der Waals surface area contributed by atoms with E-state index < -0.39 is 5.60 Å². The third-order valence-electron chi connectivity index (χ3n) is 5.65. The molecule has 0 radical (unpaired) electrons. The van der Waals surface area contributed by atoms with Crippen LogP contribution in [-0.2, 0) is 4.74 Å². The van der Waals surface area contributed by atoms with Crippen molar-refractivity contribution in [3.05, 3.63) is 23.3 Å². The largest absolute Gasteiger partial charge is 0.390 e. The molecule has 2 heteroatoms. The fraction of sp³-hybridized carbons (Fsp3) is 0.800. The van der Waals surface area contributed by atoms with E-state index >= 15 is 0 Å². The lowest BCUT2D eigenvalue weighted by Gasteiger charge is -2.46. The van der Waals surface area contributed by atoms with Crippen molar-refractivity contribution in [2.45, 2.75) is 91.0 Å². The van der Waals surface area contributed by atoms with Gasteiger partial charge in [0.2, 0.25) is 0 Å². The van der Waals surface area contributed by atoms with Crippen LogP contribution < -0.4 is 0 Å². The average molecular weight is 306 g/mol. The minimum atomic E-state index is -0.397. The molecule has 0 aliphatic carbocycles. The molecule has 126 valence electrons. The second-order valence-electron chi connectivity index (χ2n) is 8.00. The molecule has 0 aromatic carbocycles. The van der Waals surface area contributed by atoms with Gasteiger partial charge in [0, 0.05) is 0 Å². The normalized spacial score (nSPS) is 42.6. The van der Waals surface area contributed by atoms with Crippen LogP contribution in [0, 0.1) is 11.8 Å². The van der Waals surface area contributed by atoms with Gasteiger partial charge in [-0.25, -0.2) is 0 Å². The second kappa shape index (κ2) is 7.31. The van der Waals surface area contributed by atoms with E-state index in [9.17, 15) is 5.11 Å². The lowest BCUT2D eigenvalue weighted by Crippen LogP contribution is -2.51. The highest BCUT2D eigenvalue weighted by molar-refractivity contribution is 5.10. The van der Waals surface area contributed by atoms with Gasteiger partial charge in [0.05, 0.1) is 17.8 Å². The number of ether oxygens (including phenoxy) is 1. The third-order valence-corrected chi connectivity index (χ3v) is 5.65. The van der Waals surface area contributed by atoms with Crippen molar-refractivity contribution in [1.82, 2.24) is 0 Å². The zero-order valence-corrected chi connectivity index (χ0v) is 15.1. The lowest BCUT2D eigenvalue weighted by molar-refractivity contribution is -0.183. The van der Waals surface area contributed by atoms with Crippen molar-refractivity contribution in [2.24, 2.45) is 11.8 Å². The van der Waals surface area contributed by atoms with Gasteiger partial charge in [-0.1, -0.05) is 37.1 Å². The van der Waals surface area contributed by atoms with E-state index in [4.69, 9.17) is 4.74 Å². The maximum absolute atomic E-state index is 10.7. The standard InChI is InChI=1S/C20H34O2/c1-14(2)17-11-12-20(5)19(21)10-9-15(3)7-6-8-16(4)13-18(17)22-20/h7,13-14,17-19,21H,6,8-12H2,1-5H3/b15-7-,16-13+/t17-,18+,19+,20+/m1/s1. The van der Waals surface area contributed by atoms with E-state index in [1.54, 1.807) is 0 Å². The molecule has 0 aromatic heterocycles. The SMILES string of the molecule is C/C1=C/CC/C(C)=C/[C@@H]2O[C@@](C)(CC[C@@H]2C(C)C)[C@@H](O)CC1. The van der Waals surface area contributed by atoms with E-state index in [1.165, 1.54) is 11.1 Å². The zero-order chi connectivity index (χ0) is 16.3. The Bertz CT molecular complexity index is 435. The Kier molecular flexibility index (Phi) is 5.90. The molecule has 1 fully saturated rings. The molecule has 2 aliphatic rings. The molecule has 1 N–H and O–H groups in total. The maximum atomic E-state index is 10.7. The Morgan fingerprint density at radius 3 is 2.59 bits per heavy atom. The predicted octanol–water partition coefficient (Wildman–Crippen LogP) is 5.02. The van der Waals surface area contributed by atoms with Gasteiger partial charge in [-0.15, -0.1) is 0 Å². The molecule has 0 saturated carbocycles. The number of aliphatic hydroxyl groups is 1. The Morgan fingerprint density at radius 1 is 1.18 bits per heavy atom. The molecule has 1 saturated heterocycles. The minimum Gasteiger partial charge on any atom is -0.390 e. The summed E-state index contributed by atoms with van der Waals surface area (Å²) in [6.45, 7) is 11.1. The van der Waals surface area contributed by atoms with Crippen LogP contribution in [0.2, 0.25) is 0 Å². The molecule has 2 rings (SSSR count). The van der Waals surface area contributed by atoms with Crippen LogP contribution in [0.1, 0.15) is 73.1 Å². The highest BCUT2D eigenvalue weighted by Crippen LogP contribution is 2.40. The third kappa shape index (κ3) is 4.23. The van der Waals surface area contributed by atoms with Crippen molar-refractivity contribution >= 4 is 0 Å². The van der Waals surface area contributed by atoms with Crippen molar-refractivity contribution in [3.8, 4) is 0 Å². The monoisotopic (exact) mass is 306 g/mol. The van der Waals surface area contributed by atoms with Crippen LogP contribution in [0.3, 0.4) is 0 Å². The summed E-state index contributed by atoms with van der Waals surface area (Å²) in [6.07, 6.45) is 10.5. The average Bonchev–Trinajstić information content (AvgIpc) is 2.43. The maximum Gasteiger partial charge on any atom is 0.0920 e. The lowest BCUT2D eigenvalue weighted by atomic mass is 9.76. The Balaban J connectivity index is 2.28. The number of hydrogen-bond acceptors (Lipinski definition) is 2. The van der Waals surface area contributed by atoms with Gasteiger partial charge in [-0.05, 0) is 71.1 Å². The van der Waals surface area contributed by atoms with E-state index in [0.717, 1.165) is 38.5 Å². The van der Waals surface area contributed by atoms with Gasteiger partial charge in [-0.2, -0.15) is 0 Å². The van der Waals surface area contributed by atoms with Crippen molar-refractivity contribution in [3.63, 3.8) is 0 Å². The van der Waals surface area contributed by atoms with Gasteiger partial charge in [0.25, 0.3) is 0 Å². The van der Waals surface area contributed by atoms with Gasteiger partial charge in [0.15, 0.2) is 0 Å². The summed E-state index contributed by atoms with van der Waals surface area (Å²) in [5, 5.41) is 10.7. The topological polar surface area (TPSA) is 29.5 Å². The summed E-state index contributed by atoms with van der Waals surface area (Å²) in [6, 6.07) is 0. The zero-order valence-electron chi connectivity index (χ0n) is 15.1. The van der Waals surface area contributed by atoms with Crippen LogP contribution in [0.15, 0.2) is 23.3 Å². The molecular weight excluding hydrogens is 272 g/mol. The number of rotatable bonds is 1. The van der Waals surface area contributed by atoms with Crippen LogP contribution >= 0.6 is 0 Å². The van der Waals surface area contributed by atoms with E-state index in [-0.39, 0.29) is 12.2 Å². The molecule has 2 heterocycles. The van der Waals surface area contributed by atoms with Crippen LogP contribution in [0.25, 0.3) is 0 Å². The molecule has 0 amide bonds. The van der Waals surface area contributed by atoms with E-state index in [1.807, 2.05) is 0 Å². The smallest absolute Gasteiger partial charge is 0.0920 e. The first-order valence-corrected chi connectivity index (χ1v) is 9.00. The Hall–Kier alpha value is -0.600. The molecule has 0 spiro atoms. The number of fused-ring (bicyclic) bond motifs is 2. The van der Waals surface area contributed by atoms with Crippen molar-refractivity contribution in [1.29, 1.82) is 0 Å². The molecule has 2 nitrogen and oxygen atoms in total. The number of allylic oxidation sites excluding steroid dienone is 3. The fourth-order valence-corrected chi connectivity index (χ4v) is 3.87. The molecule has 2 bridgehead atoms. The number of aliphatic hydroxyl groups excluding tert-OH is 1. The van der Waals surface area contributed by atoms with Crippen molar-refractivity contribution < 1.29 is 9.84 Å². The quantitative estimate of drug-likeness (QED) is 0.689. The van der Waals surface area contributed by atoms with Crippen molar-refractivity contribution in [2.75, 3.05) is 0 Å². The fourth-order valence-electron chi connectivity index (χ4n) is 3.87. The molecule has 22 heavy (non-hydrogen) atoms. The van der Waals surface area contributed by atoms with Gasteiger partial charge in [-0.3, -0.25) is 0 Å². The molecular formula is C20H34O2. The highest BCUT2D eigenvalue weighted by atomic mass is 16.5. The summed E-state index contributed by atoms with van der Waals surface area (Å²) in [4.78, 5) is 0. The summed E-state index contributed by atoms with van der Waals surface area (Å²) in [5.74, 6) is 1.18. The Labute approximate surface area is 136 Å². The molecule has 0 aromatic rings. The molecule has 4 atom stereocenters. The van der Waals surface area contributed by atoms with Crippen LogP contribution in [0.5, 0.6) is 0 Å². The van der Waals surface area contributed by atoms with Crippen LogP contribution in [0.4, 0.5) is 0 Å². The first-order valence-electron chi connectivity index (χ1n) is 9.00. The summed E-state index contributed by atoms with van der Waals surface area (Å²) < 4.78 is 6.49.